The van der Waals surface area contributed by atoms with E-state index >= 15 is 0 Å². The van der Waals surface area contributed by atoms with E-state index in [9.17, 15) is 30.6 Å². The Hall–Kier alpha value is -2.63. The van der Waals surface area contributed by atoms with Gasteiger partial charge in [0, 0.05) is 12.0 Å². The molecule has 8 heteroatoms. The Balaban J connectivity index is 3.41. The molecule has 0 amide bonds. The van der Waals surface area contributed by atoms with Crippen molar-refractivity contribution in [2.24, 2.45) is 0 Å². The average molecular weight is 314 g/mol. The van der Waals surface area contributed by atoms with Crippen LogP contribution in [0.2, 0.25) is 0 Å². The summed E-state index contributed by atoms with van der Waals surface area (Å²) in [4.78, 5) is 0. The second-order valence-corrected chi connectivity index (χ2v) is 5.08. The number of aliphatic hydroxyl groups is 3. The van der Waals surface area contributed by atoms with Crippen LogP contribution >= 0.6 is 0 Å². The number of benzene rings is 1. The maximum atomic E-state index is 9.99. The molecule has 1 aromatic carbocycles. The van der Waals surface area contributed by atoms with Crippen molar-refractivity contribution in [2.75, 3.05) is 0 Å². The topological polar surface area (TPSA) is 121 Å². The summed E-state index contributed by atoms with van der Waals surface area (Å²) < 4.78 is 0. The van der Waals surface area contributed by atoms with Crippen molar-refractivity contribution in [1.82, 2.24) is 0 Å². The van der Waals surface area contributed by atoms with Crippen LogP contribution in [-0.2, 0) is 6.42 Å². The molecule has 0 aliphatic heterocycles. The molecule has 0 unspecified atom stereocenters. The van der Waals surface area contributed by atoms with E-state index in [2.05, 4.69) is 6.58 Å². The van der Waals surface area contributed by atoms with Gasteiger partial charge in [0.1, 0.15) is 21.4 Å². The second-order valence-electron chi connectivity index (χ2n) is 5.08. The van der Waals surface area contributed by atoms with Crippen molar-refractivity contribution in [3.05, 3.63) is 46.0 Å². The van der Waals surface area contributed by atoms with Crippen molar-refractivity contribution in [1.29, 1.82) is 0 Å². The monoisotopic (exact) mass is 314 g/mol. The first-order valence-electron chi connectivity index (χ1n) is 6.48. The van der Waals surface area contributed by atoms with Crippen molar-refractivity contribution >= 4 is 21.2 Å². The van der Waals surface area contributed by atoms with Gasteiger partial charge in [-0.15, -0.1) is 0 Å². The molecule has 0 spiro atoms. The van der Waals surface area contributed by atoms with Gasteiger partial charge in [0.05, 0.1) is 5.76 Å². The van der Waals surface area contributed by atoms with Gasteiger partial charge in [0.2, 0.25) is 0 Å². The summed E-state index contributed by atoms with van der Waals surface area (Å²) in [5.74, 6) is -3.66. The number of aromatic hydroxyl groups is 3. The Kier molecular flexibility index (Phi) is 5.32. The zero-order chi connectivity index (χ0) is 18.1. The molecule has 0 aliphatic carbocycles. The Labute approximate surface area is 136 Å². The molecule has 0 saturated heterocycles. The lowest BCUT2D eigenvalue weighted by atomic mass is 9.82. The molecule has 23 heavy (non-hydrogen) atoms. The molecular weight excluding hydrogens is 298 g/mol. The van der Waals surface area contributed by atoms with Crippen molar-refractivity contribution in [2.45, 2.75) is 20.3 Å². The number of phenols is 3. The van der Waals surface area contributed by atoms with E-state index in [4.69, 9.17) is 15.7 Å². The fourth-order valence-corrected chi connectivity index (χ4v) is 1.82. The molecule has 0 atom stereocenters. The summed E-state index contributed by atoms with van der Waals surface area (Å²) in [6.45, 7) is 6.17. The number of hydrogen-bond donors (Lipinski definition) is 6. The zero-order valence-corrected chi connectivity index (χ0v) is 12.8. The van der Waals surface area contributed by atoms with Gasteiger partial charge in [-0.2, -0.15) is 0 Å². The number of phenolic OH excluding ortho intramolecular Hbond substituents is 3. The lowest BCUT2D eigenvalue weighted by Crippen LogP contribution is -2.14. The van der Waals surface area contributed by atoms with Gasteiger partial charge in [-0.3, -0.25) is 0 Å². The Morgan fingerprint density at radius 3 is 2.00 bits per heavy atom. The summed E-state index contributed by atoms with van der Waals surface area (Å²) >= 11 is 0. The van der Waals surface area contributed by atoms with Crippen LogP contribution in [0.5, 0.6) is 17.2 Å². The van der Waals surface area contributed by atoms with Crippen molar-refractivity contribution in [3.8, 4) is 17.2 Å². The van der Waals surface area contributed by atoms with Crippen LogP contribution in [0.15, 0.2) is 34.9 Å². The minimum absolute atomic E-state index is 0.0392. The lowest BCUT2D eigenvalue weighted by Gasteiger charge is -2.16. The molecule has 0 saturated carbocycles. The van der Waals surface area contributed by atoms with Gasteiger partial charge >= 0.3 is 0 Å². The predicted molar refractivity (Wildman–Crippen MR) is 87.8 cm³/mol. The number of hydrogen-bond acceptors (Lipinski definition) is 6. The van der Waals surface area contributed by atoms with E-state index in [1.165, 1.54) is 13.8 Å². The smallest absolute Gasteiger partial charge is 0.163 e. The third kappa shape index (κ3) is 3.41. The predicted octanol–water partition coefficient (Wildman–Crippen LogP) is 1.29. The minimum Gasteiger partial charge on any atom is -0.512 e. The standard InChI is InChI=1S/C15H16B2O6/c1-5(2)11(19)15(23)10(17)8(18)4-7-9(16)14(22)13(21)6(3)12(7)20/h18-23H,1,4H2,2-3H3/b10-8-,15-11-. The minimum atomic E-state index is -0.784. The molecule has 6 nitrogen and oxygen atoms in total. The Bertz CT molecular complexity index is 705. The number of rotatable bonds is 4. The third-order valence-corrected chi connectivity index (χ3v) is 3.34. The van der Waals surface area contributed by atoms with Crippen molar-refractivity contribution < 1.29 is 30.6 Å². The fourth-order valence-electron chi connectivity index (χ4n) is 1.82. The molecule has 118 valence electrons. The Morgan fingerprint density at radius 1 is 1.00 bits per heavy atom. The highest BCUT2D eigenvalue weighted by molar-refractivity contribution is 6.36. The normalized spacial score (nSPS) is 13.3. The highest BCUT2D eigenvalue weighted by atomic mass is 16.3. The van der Waals surface area contributed by atoms with Gasteiger partial charge in [-0.05, 0) is 35.9 Å². The molecule has 1 aromatic rings. The van der Waals surface area contributed by atoms with Gasteiger partial charge in [0.25, 0.3) is 0 Å². The summed E-state index contributed by atoms with van der Waals surface area (Å²) in [6.07, 6.45) is -0.453. The van der Waals surface area contributed by atoms with Crippen LogP contribution in [0.3, 0.4) is 0 Å². The van der Waals surface area contributed by atoms with Gasteiger partial charge < -0.3 is 30.6 Å². The third-order valence-electron chi connectivity index (χ3n) is 3.34. The van der Waals surface area contributed by atoms with E-state index in [1.807, 2.05) is 0 Å². The molecule has 4 radical (unpaired) electrons. The first kappa shape index (κ1) is 18.4. The summed E-state index contributed by atoms with van der Waals surface area (Å²) in [5.41, 5.74) is -0.908. The summed E-state index contributed by atoms with van der Waals surface area (Å²) in [7, 11) is 11.1. The van der Waals surface area contributed by atoms with Crippen LogP contribution in [-0.4, -0.2) is 46.3 Å². The zero-order valence-electron chi connectivity index (χ0n) is 12.8. The van der Waals surface area contributed by atoms with Gasteiger partial charge in [0.15, 0.2) is 23.0 Å². The van der Waals surface area contributed by atoms with Crippen LogP contribution in [0.1, 0.15) is 18.1 Å². The Morgan fingerprint density at radius 2 is 1.52 bits per heavy atom. The van der Waals surface area contributed by atoms with E-state index in [0.29, 0.717) is 0 Å². The SMILES string of the molecule is [B]C(/C(O)=C(/O)C(=C)C)=C(\O)Cc1c([B])c(O)c(O)c(C)c1O. The van der Waals surface area contributed by atoms with Crippen LogP contribution in [0.4, 0.5) is 0 Å². The maximum absolute atomic E-state index is 9.99. The molecule has 0 fully saturated rings. The van der Waals surface area contributed by atoms with Crippen LogP contribution in [0.25, 0.3) is 0 Å². The van der Waals surface area contributed by atoms with Crippen molar-refractivity contribution in [3.63, 3.8) is 0 Å². The molecule has 6 N–H and O–H groups in total. The largest absolute Gasteiger partial charge is 0.512 e. The first-order valence-corrected chi connectivity index (χ1v) is 6.48. The van der Waals surface area contributed by atoms with Crippen LogP contribution < -0.4 is 5.46 Å². The fraction of sp³-hybridized carbons (Fsp3) is 0.200. The molecule has 0 aromatic heterocycles. The number of aliphatic hydroxyl groups excluding tert-OH is 3. The quantitative estimate of drug-likeness (QED) is 0.164. The molecular formula is C15H16B2O6. The first-order chi connectivity index (χ1) is 10.5. The van der Waals surface area contributed by atoms with Crippen LogP contribution in [0, 0.1) is 6.92 Å². The molecule has 0 aliphatic rings. The summed E-state index contributed by atoms with van der Waals surface area (Å²) in [6, 6.07) is 0. The highest BCUT2D eigenvalue weighted by Crippen LogP contribution is 2.36. The molecule has 1 rings (SSSR count). The van der Waals surface area contributed by atoms with E-state index in [1.54, 1.807) is 0 Å². The average Bonchev–Trinajstić information content (AvgIpc) is 2.52. The van der Waals surface area contributed by atoms with Gasteiger partial charge in [-0.25, -0.2) is 0 Å². The van der Waals surface area contributed by atoms with Gasteiger partial charge in [-0.1, -0.05) is 6.58 Å². The highest BCUT2D eigenvalue weighted by Gasteiger charge is 2.20. The maximum Gasteiger partial charge on any atom is 0.163 e. The van der Waals surface area contributed by atoms with E-state index in [-0.39, 0.29) is 22.2 Å². The number of allylic oxidation sites excluding steroid dienone is 3. The second kappa shape index (κ2) is 6.64. The van der Waals surface area contributed by atoms with E-state index in [0.717, 1.165) is 0 Å². The molecule has 0 heterocycles. The lowest BCUT2D eigenvalue weighted by molar-refractivity contribution is 0.333. The van der Waals surface area contributed by atoms with E-state index < -0.39 is 46.4 Å². The summed E-state index contributed by atoms with van der Waals surface area (Å²) in [5, 5.41) is 58.5. The molecule has 0 bridgehead atoms.